The van der Waals surface area contributed by atoms with Gasteiger partial charge in [-0.15, -0.1) is 0 Å². The molecule has 0 aliphatic carbocycles. The van der Waals surface area contributed by atoms with Gasteiger partial charge in [0.15, 0.2) is 0 Å². The van der Waals surface area contributed by atoms with E-state index in [9.17, 15) is 4.79 Å². The predicted molar refractivity (Wildman–Crippen MR) is 72.6 cm³/mol. The van der Waals surface area contributed by atoms with Crippen molar-refractivity contribution in [3.63, 3.8) is 0 Å². The highest BCUT2D eigenvalue weighted by Gasteiger charge is 2.27. The second-order valence-corrected chi connectivity index (χ2v) is 5.18. The number of amides is 1. The number of likely N-dealkylation sites (tertiary alicyclic amines) is 1. The molecule has 0 radical (unpaired) electrons. The molecule has 4 nitrogen and oxygen atoms in total. The highest BCUT2D eigenvalue weighted by atomic mass is 35.5. The molecule has 1 aliphatic rings. The van der Waals surface area contributed by atoms with Crippen LogP contribution in [0.1, 0.15) is 36.5 Å². The minimum absolute atomic E-state index is 0.0320. The van der Waals surface area contributed by atoms with E-state index in [1.54, 1.807) is 6.07 Å². The average Bonchev–Trinajstić information content (AvgIpc) is 2.80. The van der Waals surface area contributed by atoms with E-state index >= 15 is 0 Å². The van der Waals surface area contributed by atoms with Gasteiger partial charge >= 0.3 is 0 Å². The summed E-state index contributed by atoms with van der Waals surface area (Å²) in [5.41, 5.74) is 6.64. The molecule has 1 aromatic rings. The number of anilines is 1. The van der Waals surface area contributed by atoms with Gasteiger partial charge in [0, 0.05) is 13.1 Å². The van der Waals surface area contributed by atoms with E-state index in [0.717, 1.165) is 25.9 Å². The van der Waals surface area contributed by atoms with E-state index in [-0.39, 0.29) is 5.91 Å². The number of aromatic nitrogens is 1. The van der Waals surface area contributed by atoms with E-state index in [1.807, 2.05) is 4.90 Å². The van der Waals surface area contributed by atoms with E-state index < -0.39 is 0 Å². The topological polar surface area (TPSA) is 59.2 Å². The molecule has 1 aliphatic heterocycles. The van der Waals surface area contributed by atoms with Crippen LogP contribution in [0, 0.1) is 5.92 Å². The van der Waals surface area contributed by atoms with Crippen molar-refractivity contribution in [3.05, 3.63) is 23.0 Å². The number of nitrogen functional groups attached to an aromatic ring is 1. The Morgan fingerprint density at radius 1 is 1.67 bits per heavy atom. The maximum Gasteiger partial charge on any atom is 0.256 e. The van der Waals surface area contributed by atoms with E-state index in [4.69, 9.17) is 17.3 Å². The van der Waals surface area contributed by atoms with Crippen LogP contribution in [0.3, 0.4) is 0 Å². The first-order valence-corrected chi connectivity index (χ1v) is 6.70. The Balaban J connectivity index is 2.10. The molecule has 1 fully saturated rings. The molecule has 98 valence electrons. The standard InChI is InChI=1S/C13H18ClN3O/c1-2-3-9-4-5-17(8-9)13(18)10-6-12(14)16-7-11(10)15/h6-7,9H,2-5,8,15H2,1H3. The zero-order chi connectivity index (χ0) is 13.1. The van der Waals surface area contributed by atoms with Crippen LogP contribution in [0.25, 0.3) is 0 Å². The third-order valence-corrected chi connectivity index (χ3v) is 3.61. The van der Waals surface area contributed by atoms with E-state index in [1.165, 1.54) is 12.6 Å². The lowest BCUT2D eigenvalue weighted by atomic mass is 10.0. The number of pyridine rings is 1. The molecule has 0 saturated carbocycles. The molecule has 0 bridgehead atoms. The van der Waals surface area contributed by atoms with Crippen molar-refractivity contribution in [3.8, 4) is 0 Å². The monoisotopic (exact) mass is 267 g/mol. The molecule has 1 atom stereocenters. The van der Waals surface area contributed by atoms with Crippen molar-refractivity contribution in [2.24, 2.45) is 5.92 Å². The van der Waals surface area contributed by atoms with Crippen molar-refractivity contribution in [2.75, 3.05) is 18.8 Å². The predicted octanol–water partition coefficient (Wildman–Crippen LogP) is 2.58. The van der Waals surface area contributed by atoms with Crippen LogP contribution in [0.15, 0.2) is 12.3 Å². The van der Waals surface area contributed by atoms with Gasteiger partial charge in [0.25, 0.3) is 5.91 Å². The highest BCUT2D eigenvalue weighted by Crippen LogP contribution is 2.24. The second kappa shape index (κ2) is 5.57. The number of nitrogens with two attached hydrogens (primary N) is 1. The van der Waals surface area contributed by atoms with E-state index in [2.05, 4.69) is 11.9 Å². The second-order valence-electron chi connectivity index (χ2n) is 4.79. The smallest absolute Gasteiger partial charge is 0.256 e. The fraction of sp³-hybridized carbons (Fsp3) is 0.538. The Morgan fingerprint density at radius 2 is 2.44 bits per heavy atom. The van der Waals surface area contributed by atoms with Crippen LogP contribution >= 0.6 is 11.6 Å². The normalized spacial score (nSPS) is 19.2. The van der Waals surface area contributed by atoms with Gasteiger partial charge in [-0.25, -0.2) is 4.98 Å². The Kier molecular flexibility index (Phi) is 4.07. The van der Waals surface area contributed by atoms with Gasteiger partial charge in [-0.05, 0) is 24.8 Å². The minimum Gasteiger partial charge on any atom is -0.397 e. The molecule has 0 aromatic carbocycles. The molecule has 1 saturated heterocycles. The largest absolute Gasteiger partial charge is 0.397 e. The summed E-state index contributed by atoms with van der Waals surface area (Å²) in [7, 11) is 0. The number of nitrogens with zero attached hydrogens (tertiary/aromatic N) is 2. The Morgan fingerprint density at radius 3 is 3.17 bits per heavy atom. The molecular weight excluding hydrogens is 250 g/mol. The van der Waals surface area contributed by atoms with Gasteiger partial charge in [-0.2, -0.15) is 0 Å². The van der Waals surface area contributed by atoms with Gasteiger partial charge in [0.05, 0.1) is 17.4 Å². The minimum atomic E-state index is -0.0320. The van der Waals surface area contributed by atoms with Crippen LogP contribution in [0.5, 0.6) is 0 Å². The summed E-state index contributed by atoms with van der Waals surface area (Å²) in [6.07, 6.45) is 4.86. The Labute approximate surface area is 112 Å². The highest BCUT2D eigenvalue weighted by molar-refractivity contribution is 6.29. The first-order valence-electron chi connectivity index (χ1n) is 6.32. The molecule has 1 amide bonds. The molecule has 5 heteroatoms. The summed E-state index contributed by atoms with van der Waals surface area (Å²) >= 11 is 5.81. The fourth-order valence-electron chi connectivity index (χ4n) is 2.46. The summed E-state index contributed by atoms with van der Waals surface area (Å²) < 4.78 is 0. The number of hydrogen-bond acceptors (Lipinski definition) is 3. The quantitative estimate of drug-likeness (QED) is 0.857. The Bertz CT molecular complexity index is 450. The van der Waals surface area contributed by atoms with Crippen molar-refractivity contribution >= 4 is 23.2 Å². The lowest BCUT2D eigenvalue weighted by Crippen LogP contribution is -2.29. The zero-order valence-electron chi connectivity index (χ0n) is 10.5. The summed E-state index contributed by atoms with van der Waals surface area (Å²) in [5.74, 6) is 0.591. The molecule has 2 heterocycles. The van der Waals surface area contributed by atoms with Crippen LogP contribution in [0.2, 0.25) is 5.15 Å². The summed E-state index contributed by atoms with van der Waals surface area (Å²) in [6, 6.07) is 1.55. The number of hydrogen-bond donors (Lipinski definition) is 1. The lowest BCUT2D eigenvalue weighted by Gasteiger charge is -2.17. The van der Waals surface area contributed by atoms with Gasteiger partial charge < -0.3 is 10.6 Å². The van der Waals surface area contributed by atoms with E-state index in [0.29, 0.717) is 22.3 Å². The molecule has 2 N–H and O–H groups in total. The molecule has 1 aromatic heterocycles. The number of carbonyl (C=O) groups excluding carboxylic acids is 1. The maximum atomic E-state index is 12.3. The number of halogens is 1. The summed E-state index contributed by atoms with van der Waals surface area (Å²) in [6.45, 7) is 3.81. The SMILES string of the molecule is CCCC1CCN(C(=O)c2cc(Cl)ncc2N)C1. The number of rotatable bonds is 3. The van der Waals surface area contributed by atoms with Crippen LogP contribution < -0.4 is 5.73 Å². The zero-order valence-corrected chi connectivity index (χ0v) is 11.3. The van der Waals surface area contributed by atoms with Crippen molar-refractivity contribution in [1.82, 2.24) is 9.88 Å². The summed E-state index contributed by atoms with van der Waals surface area (Å²) in [4.78, 5) is 18.1. The lowest BCUT2D eigenvalue weighted by molar-refractivity contribution is 0.0787. The van der Waals surface area contributed by atoms with Gasteiger partial charge in [0.1, 0.15) is 5.15 Å². The van der Waals surface area contributed by atoms with Gasteiger partial charge in [0.2, 0.25) is 0 Å². The van der Waals surface area contributed by atoms with Crippen molar-refractivity contribution in [2.45, 2.75) is 26.2 Å². The average molecular weight is 268 g/mol. The van der Waals surface area contributed by atoms with Crippen LogP contribution in [0.4, 0.5) is 5.69 Å². The summed E-state index contributed by atoms with van der Waals surface area (Å²) in [5, 5.41) is 0.303. The third-order valence-electron chi connectivity index (χ3n) is 3.40. The molecule has 18 heavy (non-hydrogen) atoms. The number of carbonyl (C=O) groups is 1. The first kappa shape index (κ1) is 13.1. The van der Waals surface area contributed by atoms with Crippen molar-refractivity contribution < 1.29 is 4.79 Å². The molecular formula is C13H18ClN3O. The third kappa shape index (κ3) is 2.75. The molecule has 0 spiro atoms. The Hall–Kier alpha value is -1.29. The fourth-order valence-corrected chi connectivity index (χ4v) is 2.61. The van der Waals surface area contributed by atoms with Gasteiger partial charge in [-0.3, -0.25) is 4.79 Å². The van der Waals surface area contributed by atoms with Gasteiger partial charge in [-0.1, -0.05) is 24.9 Å². The molecule has 1 unspecified atom stereocenters. The maximum absolute atomic E-state index is 12.3. The van der Waals surface area contributed by atoms with Crippen LogP contribution in [-0.2, 0) is 0 Å². The van der Waals surface area contributed by atoms with Crippen molar-refractivity contribution in [1.29, 1.82) is 0 Å². The first-order chi connectivity index (χ1) is 8.61. The molecule has 2 rings (SSSR count). The van der Waals surface area contributed by atoms with Crippen LogP contribution in [-0.4, -0.2) is 28.9 Å².